The Bertz CT molecular complexity index is 155. The molecule has 5 heteroatoms. The van der Waals surface area contributed by atoms with Gasteiger partial charge in [-0.25, -0.2) is 5.84 Å². The van der Waals surface area contributed by atoms with Crippen LogP contribution in [0.1, 0.15) is 12.8 Å². The largest absolute Gasteiger partial charge is 0.394 e. The van der Waals surface area contributed by atoms with Gasteiger partial charge in [-0.05, 0) is 12.8 Å². The molecular weight excluding hydrogens is 156 g/mol. The van der Waals surface area contributed by atoms with Crippen molar-refractivity contribution in [3.05, 3.63) is 0 Å². The van der Waals surface area contributed by atoms with Crippen molar-refractivity contribution in [2.75, 3.05) is 26.2 Å². The Hall–Kier alpha value is -0.810. The lowest BCUT2D eigenvalue weighted by Gasteiger charge is -2.26. The molecular formula is C7H16N4O. The van der Waals surface area contributed by atoms with Crippen LogP contribution in [0.15, 0.2) is 0 Å². The molecule has 70 valence electrons. The summed E-state index contributed by atoms with van der Waals surface area (Å²) >= 11 is 0. The summed E-state index contributed by atoms with van der Waals surface area (Å²) in [6.45, 7) is 2.15. The van der Waals surface area contributed by atoms with Gasteiger partial charge < -0.3 is 10.0 Å². The molecule has 0 amide bonds. The summed E-state index contributed by atoms with van der Waals surface area (Å²) in [5, 5.41) is 17.5. The zero-order chi connectivity index (χ0) is 8.97. The Morgan fingerprint density at radius 1 is 1.50 bits per heavy atom. The Kier molecular flexibility index (Phi) is 3.31. The number of rotatable bonds is 2. The van der Waals surface area contributed by atoms with Crippen LogP contribution in [-0.2, 0) is 0 Å². The van der Waals surface area contributed by atoms with Gasteiger partial charge in [0.15, 0.2) is 0 Å². The van der Waals surface area contributed by atoms with Crippen LogP contribution >= 0.6 is 0 Å². The van der Waals surface area contributed by atoms with Crippen molar-refractivity contribution in [1.29, 1.82) is 5.41 Å². The van der Waals surface area contributed by atoms with Crippen LogP contribution in [0, 0.1) is 5.41 Å². The summed E-state index contributed by atoms with van der Waals surface area (Å²) in [5.41, 5.74) is 0. The number of aliphatic hydroxyl groups excluding tert-OH is 1. The highest BCUT2D eigenvalue weighted by atomic mass is 16.3. The number of aliphatic hydroxyl groups is 1. The summed E-state index contributed by atoms with van der Waals surface area (Å²) < 4.78 is 0. The first-order valence-electron chi connectivity index (χ1n) is 4.22. The number of hydrogen-bond donors (Lipinski definition) is 3. The highest BCUT2D eigenvalue weighted by molar-refractivity contribution is 5.76. The normalized spacial score (nSPS) is 16.7. The maximum Gasteiger partial charge on any atom is 0.208 e. The smallest absolute Gasteiger partial charge is 0.208 e. The third-order valence-electron chi connectivity index (χ3n) is 2.02. The Balaban J connectivity index is 2.34. The lowest BCUT2D eigenvalue weighted by molar-refractivity contribution is 0.237. The fraction of sp³-hybridized carbons (Fsp3) is 0.857. The van der Waals surface area contributed by atoms with E-state index in [-0.39, 0.29) is 6.61 Å². The predicted octanol–water partition coefficient (Wildman–Crippen LogP) is -0.815. The molecule has 5 nitrogen and oxygen atoms in total. The van der Waals surface area contributed by atoms with Gasteiger partial charge in [-0.2, -0.15) is 0 Å². The van der Waals surface area contributed by atoms with E-state index >= 15 is 0 Å². The molecule has 0 aliphatic carbocycles. The summed E-state index contributed by atoms with van der Waals surface area (Å²) in [6.07, 6.45) is 2.27. The first-order valence-corrected chi connectivity index (χ1v) is 4.22. The molecule has 0 bridgehead atoms. The van der Waals surface area contributed by atoms with Crippen LogP contribution in [0.3, 0.4) is 0 Å². The lowest BCUT2D eigenvalue weighted by Crippen LogP contribution is -2.47. The van der Waals surface area contributed by atoms with Gasteiger partial charge in [-0.1, -0.05) is 0 Å². The molecule has 0 aromatic rings. The predicted molar refractivity (Wildman–Crippen MR) is 46.5 cm³/mol. The summed E-state index contributed by atoms with van der Waals surface area (Å²) in [4.78, 5) is 1.93. The zero-order valence-corrected chi connectivity index (χ0v) is 7.16. The number of nitrogens with one attached hydrogen (secondary N) is 1. The van der Waals surface area contributed by atoms with Crippen molar-refractivity contribution in [2.45, 2.75) is 12.8 Å². The first-order chi connectivity index (χ1) is 5.75. The van der Waals surface area contributed by atoms with Gasteiger partial charge in [-0.3, -0.25) is 10.4 Å². The van der Waals surface area contributed by atoms with Gasteiger partial charge >= 0.3 is 0 Å². The molecule has 0 radical (unpaired) electrons. The van der Waals surface area contributed by atoms with Crippen molar-refractivity contribution in [2.24, 2.45) is 5.84 Å². The van der Waals surface area contributed by atoms with Crippen LogP contribution in [0.25, 0.3) is 0 Å². The molecule has 4 N–H and O–H groups in total. The number of hydrogen-bond acceptors (Lipinski definition) is 3. The molecule has 1 saturated heterocycles. The van der Waals surface area contributed by atoms with Crippen molar-refractivity contribution in [1.82, 2.24) is 9.91 Å². The number of likely N-dealkylation sites (tertiary alicyclic amines) is 1. The SMILES string of the molecule is N=C(N(N)CCO)N1CCCC1. The maximum atomic E-state index is 8.59. The minimum Gasteiger partial charge on any atom is -0.394 e. The second kappa shape index (κ2) is 4.27. The molecule has 1 heterocycles. The maximum absolute atomic E-state index is 8.59. The Morgan fingerprint density at radius 3 is 2.58 bits per heavy atom. The molecule has 1 aliphatic rings. The molecule has 0 spiro atoms. The Morgan fingerprint density at radius 2 is 2.08 bits per heavy atom. The van der Waals surface area contributed by atoms with Crippen molar-refractivity contribution in [3.8, 4) is 0 Å². The molecule has 0 unspecified atom stereocenters. The molecule has 1 fully saturated rings. The molecule has 0 aromatic heterocycles. The van der Waals surface area contributed by atoms with E-state index < -0.39 is 0 Å². The molecule has 1 rings (SSSR count). The van der Waals surface area contributed by atoms with Crippen LogP contribution < -0.4 is 5.84 Å². The van der Waals surface area contributed by atoms with Crippen LogP contribution in [-0.4, -0.2) is 47.2 Å². The van der Waals surface area contributed by atoms with Gasteiger partial charge in [-0.15, -0.1) is 0 Å². The second-order valence-corrected chi connectivity index (χ2v) is 2.93. The summed E-state index contributed by atoms with van der Waals surface area (Å²) in [5.74, 6) is 5.84. The average molecular weight is 172 g/mol. The monoisotopic (exact) mass is 172 g/mol. The number of nitrogens with two attached hydrogens (primary N) is 1. The number of hydrazine groups is 1. The van der Waals surface area contributed by atoms with Crippen LogP contribution in [0.2, 0.25) is 0 Å². The standard InChI is InChI=1S/C7H16N4O/c8-7(11(9)5-6-12)10-3-1-2-4-10/h8,12H,1-6,9H2. The fourth-order valence-corrected chi connectivity index (χ4v) is 1.32. The van der Waals surface area contributed by atoms with Gasteiger partial charge in [0.05, 0.1) is 13.2 Å². The zero-order valence-electron chi connectivity index (χ0n) is 7.16. The van der Waals surface area contributed by atoms with E-state index in [1.54, 1.807) is 0 Å². The van der Waals surface area contributed by atoms with E-state index in [9.17, 15) is 0 Å². The van der Waals surface area contributed by atoms with E-state index in [0.717, 1.165) is 25.9 Å². The molecule has 12 heavy (non-hydrogen) atoms. The fourth-order valence-electron chi connectivity index (χ4n) is 1.32. The molecule has 0 saturated carbocycles. The van der Waals surface area contributed by atoms with Gasteiger partial charge in [0.1, 0.15) is 0 Å². The third kappa shape index (κ3) is 2.09. The third-order valence-corrected chi connectivity index (χ3v) is 2.02. The van der Waals surface area contributed by atoms with Crippen LogP contribution in [0.5, 0.6) is 0 Å². The summed E-state index contributed by atoms with van der Waals surface area (Å²) in [7, 11) is 0. The van der Waals surface area contributed by atoms with E-state index in [2.05, 4.69) is 0 Å². The van der Waals surface area contributed by atoms with E-state index in [1.807, 2.05) is 4.90 Å². The van der Waals surface area contributed by atoms with E-state index in [0.29, 0.717) is 12.5 Å². The van der Waals surface area contributed by atoms with Crippen molar-refractivity contribution < 1.29 is 5.11 Å². The van der Waals surface area contributed by atoms with Crippen molar-refractivity contribution >= 4 is 5.96 Å². The van der Waals surface area contributed by atoms with Gasteiger partial charge in [0, 0.05) is 13.1 Å². The Labute approximate surface area is 72.2 Å². The highest BCUT2D eigenvalue weighted by Crippen LogP contribution is 2.07. The lowest BCUT2D eigenvalue weighted by atomic mass is 10.4. The van der Waals surface area contributed by atoms with Gasteiger partial charge in [0.2, 0.25) is 5.96 Å². The van der Waals surface area contributed by atoms with E-state index in [1.165, 1.54) is 5.01 Å². The van der Waals surface area contributed by atoms with Crippen LogP contribution in [0.4, 0.5) is 0 Å². The van der Waals surface area contributed by atoms with Gasteiger partial charge in [0.25, 0.3) is 0 Å². The van der Waals surface area contributed by atoms with E-state index in [4.69, 9.17) is 16.4 Å². The highest BCUT2D eigenvalue weighted by Gasteiger charge is 2.17. The minimum atomic E-state index is -0.00722. The molecule has 0 aromatic carbocycles. The number of guanidine groups is 1. The van der Waals surface area contributed by atoms with Crippen molar-refractivity contribution in [3.63, 3.8) is 0 Å². The minimum absolute atomic E-state index is 0.00722. The number of nitrogens with zero attached hydrogens (tertiary/aromatic N) is 2. The first kappa shape index (κ1) is 9.28. The molecule has 0 atom stereocenters. The topological polar surface area (TPSA) is 76.6 Å². The quantitative estimate of drug-likeness (QED) is 0.220. The molecule has 1 aliphatic heterocycles. The second-order valence-electron chi connectivity index (χ2n) is 2.93. The summed E-state index contributed by atoms with van der Waals surface area (Å²) in [6, 6.07) is 0. The average Bonchev–Trinajstić information content (AvgIpc) is 2.55.